The highest BCUT2D eigenvalue weighted by Gasteiger charge is 2.33. The quantitative estimate of drug-likeness (QED) is 0.749. The van der Waals surface area contributed by atoms with Crippen molar-refractivity contribution in [1.29, 1.82) is 0 Å². The molecule has 5 heteroatoms. The fraction of sp³-hybridized carbons (Fsp3) is 0.500. The highest BCUT2D eigenvalue weighted by molar-refractivity contribution is 5.86. The fourth-order valence-electron chi connectivity index (χ4n) is 1.37. The van der Waals surface area contributed by atoms with Crippen molar-refractivity contribution in [3.8, 4) is 0 Å². The van der Waals surface area contributed by atoms with Crippen LogP contribution in [0, 0.1) is 5.82 Å². The van der Waals surface area contributed by atoms with E-state index in [1.54, 1.807) is 0 Å². The maximum Gasteiger partial charge on any atom is 0.357 e. The summed E-state index contributed by atoms with van der Waals surface area (Å²) in [6, 6.07) is 0. The van der Waals surface area contributed by atoms with Crippen molar-refractivity contribution in [2.24, 2.45) is 7.05 Å². The second-order valence-corrected chi connectivity index (χ2v) is 3.25. The molecule has 4 nitrogen and oxygen atoms in total. The summed E-state index contributed by atoms with van der Waals surface area (Å²) in [7, 11) is 1.44. The number of aromatic nitrogens is 2. The molecule has 0 aromatic carbocycles. The van der Waals surface area contributed by atoms with Crippen molar-refractivity contribution in [2.45, 2.75) is 18.8 Å². The van der Waals surface area contributed by atoms with Crippen LogP contribution < -0.4 is 0 Å². The maximum absolute atomic E-state index is 13.4. The summed E-state index contributed by atoms with van der Waals surface area (Å²) in [4.78, 5) is 10.6. The lowest BCUT2D eigenvalue weighted by atomic mass is 10.2. The zero-order valence-corrected chi connectivity index (χ0v) is 7.12. The van der Waals surface area contributed by atoms with Crippen LogP contribution >= 0.6 is 0 Å². The molecule has 0 saturated heterocycles. The molecule has 13 heavy (non-hydrogen) atoms. The molecule has 70 valence electrons. The number of hydrogen-bond donors (Lipinski definition) is 1. The molecule has 1 heterocycles. The molecule has 0 amide bonds. The van der Waals surface area contributed by atoms with Gasteiger partial charge >= 0.3 is 5.97 Å². The summed E-state index contributed by atoms with van der Waals surface area (Å²) >= 11 is 0. The fourth-order valence-corrected chi connectivity index (χ4v) is 1.37. The predicted molar refractivity (Wildman–Crippen MR) is 42.1 cm³/mol. The third-order valence-electron chi connectivity index (χ3n) is 2.18. The van der Waals surface area contributed by atoms with E-state index in [9.17, 15) is 9.18 Å². The minimum Gasteiger partial charge on any atom is -0.476 e. The topological polar surface area (TPSA) is 55.1 Å². The summed E-state index contributed by atoms with van der Waals surface area (Å²) in [6.45, 7) is 0. The molecule has 1 saturated carbocycles. The van der Waals surface area contributed by atoms with Crippen LogP contribution in [0.15, 0.2) is 0 Å². The van der Waals surface area contributed by atoms with Crippen molar-refractivity contribution in [2.75, 3.05) is 0 Å². The monoisotopic (exact) mass is 184 g/mol. The lowest BCUT2D eigenvalue weighted by molar-refractivity contribution is 0.0679. The number of aryl methyl sites for hydroxylation is 1. The Balaban J connectivity index is 2.50. The van der Waals surface area contributed by atoms with Gasteiger partial charge in [-0.2, -0.15) is 5.10 Å². The summed E-state index contributed by atoms with van der Waals surface area (Å²) in [6.07, 6.45) is 1.82. The number of carboxylic acids is 1. The van der Waals surface area contributed by atoms with E-state index < -0.39 is 11.8 Å². The van der Waals surface area contributed by atoms with Crippen LogP contribution in [0.2, 0.25) is 0 Å². The molecule has 1 fully saturated rings. The molecular formula is C8H9FN2O2. The van der Waals surface area contributed by atoms with Crippen molar-refractivity contribution in [3.63, 3.8) is 0 Å². The van der Waals surface area contributed by atoms with E-state index in [1.165, 1.54) is 7.05 Å². The number of carbonyl (C=O) groups is 1. The zero-order valence-electron chi connectivity index (χ0n) is 7.12. The first-order valence-corrected chi connectivity index (χ1v) is 4.07. The number of nitrogens with zero attached hydrogens (tertiary/aromatic N) is 2. The van der Waals surface area contributed by atoms with Gasteiger partial charge in [-0.05, 0) is 12.8 Å². The third kappa shape index (κ3) is 1.20. The number of hydrogen-bond acceptors (Lipinski definition) is 2. The molecule has 1 aromatic heterocycles. The van der Waals surface area contributed by atoms with E-state index in [2.05, 4.69) is 5.10 Å². The summed E-state index contributed by atoms with van der Waals surface area (Å²) in [5.74, 6) is -1.80. The number of rotatable bonds is 2. The van der Waals surface area contributed by atoms with Crippen LogP contribution in [-0.4, -0.2) is 20.9 Å². The molecule has 2 rings (SSSR count). The Kier molecular flexibility index (Phi) is 1.61. The van der Waals surface area contributed by atoms with Gasteiger partial charge in [-0.25, -0.2) is 9.18 Å². The lowest BCUT2D eigenvalue weighted by Crippen LogP contribution is -2.06. The van der Waals surface area contributed by atoms with Gasteiger partial charge in [0, 0.05) is 13.0 Å². The molecule has 0 bridgehead atoms. The normalized spacial score (nSPS) is 16.2. The smallest absolute Gasteiger partial charge is 0.357 e. The van der Waals surface area contributed by atoms with Gasteiger partial charge in [0.2, 0.25) is 0 Å². The standard InChI is InChI=1S/C8H9FN2O2/c1-11-7(8(12)13)5(9)6(10-11)4-2-3-4/h4H,2-3H2,1H3,(H,12,13). The average molecular weight is 184 g/mol. The van der Waals surface area contributed by atoms with Crippen LogP contribution in [0.4, 0.5) is 4.39 Å². The van der Waals surface area contributed by atoms with Crippen LogP contribution in [0.5, 0.6) is 0 Å². The molecule has 0 radical (unpaired) electrons. The highest BCUT2D eigenvalue weighted by Crippen LogP contribution is 2.40. The summed E-state index contributed by atoms with van der Waals surface area (Å²) in [5.41, 5.74) is -0.0400. The number of carboxylic acid groups (broad SMARTS) is 1. The lowest BCUT2D eigenvalue weighted by Gasteiger charge is -1.92. The number of halogens is 1. The van der Waals surface area contributed by atoms with Crippen LogP contribution in [0.25, 0.3) is 0 Å². The van der Waals surface area contributed by atoms with E-state index >= 15 is 0 Å². The van der Waals surface area contributed by atoms with E-state index in [-0.39, 0.29) is 11.6 Å². The van der Waals surface area contributed by atoms with Gasteiger partial charge in [0.15, 0.2) is 11.5 Å². The van der Waals surface area contributed by atoms with Gasteiger partial charge in [0.1, 0.15) is 5.69 Å². The predicted octanol–water partition coefficient (Wildman–Crippen LogP) is 1.13. The van der Waals surface area contributed by atoms with Gasteiger partial charge in [0.25, 0.3) is 0 Å². The molecule has 1 aliphatic rings. The Morgan fingerprint density at radius 2 is 2.31 bits per heavy atom. The van der Waals surface area contributed by atoms with Crippen LogP contribution in [0.3, 0.4) is 0 Å². The second-order valence-electron chi connectivity index (χ2n) is 3.25. The van der Waals surface area contributed by atoms with E-state index in [4.69, 9.17) is 5.11 Å². The zero-order chi connectivity index (χ0) is 9.59. The Hall–Kier alpha value is -1.39. The highest BCUT2D eigenvalue weighted by atomic mass is 19.1. The Bertz CT molecular complexity index is 368. The van der Waals surface area contributed by atoms with Gasteiger partial charge in [-0.15, -0.1) is 0 Å². The first-order chi connectivity index (χ1) is 6.11. The van der Waals surface area contributed by atoms with Crippen LogP contribution in [-0.2, 0) is 7.05 Å². The van der Waals surface area contributed by atoms with E-state index in [0.717, 1.165) is 17.5 Å². The largest absolute Gasteiger partial charge is 0.476 e. The summed E-state index contributed by atoms with van der Waals surface area (Å²) in [5, 5.41) is 12.5. The molecule has 1 aliphatic carbocycles. The molecule has 0 aliphatic heterocycles. The molecule has 0 unspecified atom stereocenters. The molecule has 0 spiro atoms. The Morgan fingerprint density at radius 3 is 2.69 bits per heavy atom. The molecular weight excluding hydrogens is 175 g/mol. The van der Waals surface area contributed by atoms with Crippen molar-refractivity contribution >= 4 is 5.97 Å². The Morgan fingerprint density at radius 1 is 1.69 bits per heavy atom. The SMILES string of the molecule is Cn1nc(C2CC2)c(F)c1C(=O)O. The van der Waals surface area contributed by atoms with E-state index in [0.29, 0.717) is 5.69 Å². The summed E-state index contributed by atoms with van der Waals surface area (Å²) < 4.78 is 14.5. The molecule has 0 atom stereocenters. The van der Waals surface area contributed by atoms with Crippen molar-refractivity contribution in [3.05, 3.63) is 17.2 Å². The minimum atomic E-state index is -1.26. The third-order valence-corrected chi connectivity index (χ3v) is 2.18. The first-order valence-electron chi connectivity index (χ1n) is 4.07. The van der Waals surface area contributed by atoms with Crippen molar-refractivity contribution < 1.29 is 14.3 Å². The molecule has 1 aromatic rings. The van der Waals surface area contributed by atoms with Crippen molar-refractivity contribution in [1.82, 2.24) is 9.78 Å². The van der Waals surface area contributed by atoms with Crippen LogP contribution in [0.1, 0.15) is 34.9 Å². The minimum absolute atomic E-state index is 0.138. The number of aromatic carboxylic acids is 1. The first kappa shape index (κ1) is 8.22. The molecule has 1 N–H and O–H groups in total. The van der Waals surface area contributed by atoms with Gasteiger partial charge in [-0.3, -0.25) is 4.68 Å². The Labute approximate surface area is 74.0 Å². The van der Waals surface area contributed by atoms with E-state index in [1.807, 2.05) is 0 Å². The second kappa shape index (κ2) is 2.55. The maximum atomic E-state index is 13.4. The van der Waals surface area contributed by atoms with Gasteiger partial charge in [0.05, 0.1) is 0 Å². The van der Waals surface area contributed by atoms with Gasteiger partial charge in [-0.1, -0.05) is 0 Å². The van der Waals surface area contributed by atoms with Gasteiger partial charge < -0.3 is 5.11 Å². The average Bonchev–Trinajstić information content (AvgIpc) is 2.78.